The van der Waals surface area contributed by atoms with Gasteiger partial charge in [0.2, 0.25) is 17.7 Å². The molecule has 1 amide bonds. The van der Waals surface area contributed by atoms with Gasteiger partial charge in [0.15, 0.2) is 0 Å². The summed E-state index contributed by atoms with van der Waals surface area (Å²) in [5.41, 5.74) is 3.25. The maximum Gasteiger partial charge on any atom is 0.262 e. The lowest BCUT2D eigenvalue weighted by Gasteiger charge is -2.13. The Kier molecular flexibility index (Phi) is 7.26. The van der Waals surface area contributed by atoms with E-state index in [0.29, 0.717) is 41.6 Å². The van der Waals surface area contributed by atoms with E-state index in [0.717, 1.165) is 11.1 Å². The summed E-state index contributed by atoms with van der Waals surface area (Å²) < 4.78 is 34.2. The van der Waals surface area contributed by atoms with Crippen molar-refractivity contribution in [1.82, 2.24) is 10.2 Å². The number of rotatable bonds is 9. The topological polar surface area (TPSA) is 114 Å². The van der Waals surface area contributed by atoms with Crippen LogP contribution in [0.5, 0.6) is 0 Å². The van der Waals surface area contributed by atoms with Crippen molar-refractivity contribution in [3.8, 4) is 11.5 Å². The average Bonchev–Trinajstić information content (AvgIpc) is 3.29. The van der Waals surface area contributed by atoms with Crippen LogP contribution in [0.2, 0.25) is 0 Å². The van der Waals surface area contributed by atoms with Crippen LogP contribution in [0.15, 0.2) is 82.1 Å². The number of aryl methyl sites for hydroxylation is 3. The van der Waals surface area contributed by atoms with Crippen LogP contribution in [0.3, 0.4) is 0 Å². The maximum absolute atomic E-state index is 13.0. The van der Waals surface area contributed by atoms with Crippen LogP contribution < -0.4 is 10.0 Å². The van der Waals surface area contributed by atoms with Crippen LogP contribution in [0.25, 0.3) is 11.5 Å². The SMILES string of the molecule is Cc1cccc(NS(=O)(=O)c2cc(NC(=O)CCCc3nnc(-c4ccccc4)o3)ccc2C)c1. The van der Waals surface area contributed by atoms with Crippen molar-refractivity contribution in [2.45, 2.75) is 38.0 Å². The summed E-state index contributed by atoms with van der Waals surface area (Å²) in [5, 5.41) is 10.9. The van der Waals surface area contributed by atoms with Crippen LogP contribution >= 0.6 is 0 Å². The number of carbonyl (C=O) groups is 1. The lowest BCUT2D eigenvalue weighted by atomic mass is 10.2. The molecule has 1 heterocycles. The van der Waals surface area contributed by atoms with E-state index in [1.807, 2.05) is 43.3 Å². The highest BCUT2D eigenvalue weighted by atomic mass is 32.2. The van der Waals surface area contributed by atoms with Crippen molar-refractivity contribution in [2.24, 2.45) is 0 Å². The summed E-state index contributed by atoms with van der Waals surface area (Å²) >= 11 is 0. The van der Waals surface area contributed by atoms with E-state index in [1.165, 1.54) is 6.07 Å². The molecule has 0 atom stereocenters. The third-order valence-corrected chi connectivity index (χ3v) is 6.84. The molecule has 0 spiro atoms. The van der Waals surface area contributed by atoms with Gasteiger partial charge in [-0.1, -0.05) is 36.4 Å². The van der Waals surface area contributed by atoms with E-state index in [2.05, 4.69) is 20.2 Å². The molecule has 0 saturated heterocycles. The molecule has 0 radical (unpaired) electrons. The van der Waals surface area contributed by atoms with Gasteiger partial charge in [0.05, 0.1) is 4.90 Å². The van der Waals surface area contributed by atoms with E-state index >= 15 is 0 Å². The Morgan fingerprint density at radius 1 is 0.914 bits per heavy atom. The third kappa shape index (κ3) is 6.33. The third-order valence-electron chi connectivity index (χ3n) is 5.31. The number of anilines is 2. The summed E-state index contributed by atoms with van der Waals surface area (Å²) in [4.78, 5) is 12.6. The molecule has 0 aliphatic carbocycles. The molecule has 3 aromatic carbocycles. The van der Waals surface area contributed by atoms with Crippen molar-refractivity contribution >= 4 is 27.3 Å². The molecule has 2 N–H and O–H groups in total. The first-order chi connectivity index (χ1) is 16.8. The van der Waals surface area contributed by atoms with E-state index in [-0.39, 0.29) is 17.2 Å². The molecule has 0 bridgehead atoms. The van der Waals surface area contributed by atoms with Gasteiger partial charge in [0, 0.05) is 29.8 Å². The van der Waals surface area contributed by atoms with Crippen LogP contribution in [0.4, 0.5) is 11.4 Å². The minimum absolute atomic E-state index is 0.108. The highest BCUT2D eigenvalue weighted by Crippen LogP contribution is 2.24. The van der Waals surface area contributed by atoms with Crippen LogP contribution in [0, 0.1) is 13.8 Å². The molecule has 35 heavy (non-hydrogen) atoms. The zero-order chi connectivity index (χ0) is 24.8. The Morgan fingerprint density at radius 2 is 1.71 bits per heavy atom. The zero-order valence-corrected chi connectivity index (χ0v) is 20.3. The minimum atomic E-state index is -3.82. The zero-order valence-electron chi connectivity index (χ0n) is 19.5. The van der Waals surface area contributed by atoms with Gasteiger partial charge in [0.25, 0.3) is 10.0 Å². The number of benzene rings is 3. The first kappa shape index (κ1) is 24.2. The van der Waals surface area contributed by atoms with Gasteiger partial charge in [-0.3, -0.25) is 9.52 Å². The van der Waals surface area contributed by atoms with Gasteiger partial charge < -0.3 is 9.73 Å². The smallest absolute Gasteiger partial charge is 0.262 e. The van der Waals surface area contributed by atoms with Gasteiger partial charge >= 0.3 is 0 Å². The quantitative estimate of drug-likeness (QED) is 0.337. The second-order valence-corrected chi connectivity index (χ2v) is 9.87. The predicted molar refractivity (Wildman–Crippen MR) is 134 cm³/mol. The number of carbonyl (C=O) groups excluding carboxylic acids is 1. The highest BCUT2D eigenvalue weighted by Gasteiger charge is 2.18. The molecular formula is C26H26N4O4S. The lowest BCUT2D eigenvalue weighted by molar-refractivity contribution is -0.116. The van der Waals surface area contributed by atoms with E-state index in [9.17, 15) is 13.2 Å². The fraction of sp³-hybridized carbons (Fsp3) is 0.192. The van der Waals surface area contributed by atoms with Crippen molar-refractivity contribution in [2.75, 3.05) is 10.0 Å². The molecule has 0 aliphatic heterocycles. The molecule has 9 heteroatoms. The fourth-order valence-corrected chi connectivity index (χ4v) is 4.88. The van der Waals surface area contributed by atoms with E-state index in [4.69, 9.17) is 4.42 Å². The van der Waals surface area contributed by atoms with E-state index in [1.54, 1.807) is 37.3 Å². The molecule has 0 unspecified atom stereocenters. The Balaban J connectivity index is 1.35. The summed E-state index contributed by atoms with van der Waals surface area (Å²) in [6, 6.07) is 21.4. The van der Waals surface area contributed by atoms with Gasteiger partial charge in [0.1, 0.15) is 0 Å². The Labute approximate surface area is 204 Å². The molecule has 1 aromatic heterocycles. The largest absolute Gasteiger partial charge is 0.421 e. The predicted octanol–water partition coefficient (Wildman–Crippen LogP) is 5.12. The van der Waals surface area contributed by atoms with Crippen LogP contribution in [-0.2, 0) is 21.2 Å². The summed E-state index contributed by atoms with van der Waals surface area (Å²) in [5.74, 6) is 0.673. The number of sulfonamides is 1. The monoisotopic (exact) mass is 490 g/mol. The van der Waals surface area contributed by atoms with Gasteiger partial charge in [-0.15, -0.1) is 10.2 Å². The molecule has 4 aromatic rings. The first-order valence-electron chi connectivity index (χ1n) is 11.2. The van der Waals surface area contributed by atoms with Gasteiger partial charge in [-0.25, -0.2) is 8.42 Å². The fourth-order valence-electron chi connectivity index (χ4n) is 3.56. The molecule has 4 rings (SSSR count). The minimum Gasteiger partial charge on any atom is -0.421 e. The molecular weight excluding hydrogens is 464 g/mol. The summed E-state index contributed by atoms with van der Waals surface area (Å²) in [6.07, 6.45) is 1.19. The maximum atomic E-state index is 13.0. The number of aromatic nitrogens is 2. The Morgan fingerprint density at radius 3 is 2.49 bits per heavy atom. The average molecular weight is 491 g/mol. The summed E-state index contributed by atoms with van der Waals surface area (Å²) in [6.45, 7) is 3.60. The highest BCUT2D eigenvalue weighted by molar-refractivity contribution is 7.92. The number of hydrogen-bond acceptors (Lipinski definition) is 6. The van der Waals surface area contributed by atoms with E-state index < -0.39 is 10.0 Å². The normalized spacial score (nSPS) is 11.3. The van der Waals surface area contributed by atoms with Gasteiger partial charge in [-0.2, -0.15) is 0 Å². The number of nitrogens with one attached hydrogen (secondary N) is 2. The first-order valence-corrected chi connectivity index (χ1v) is 12.7. The Hall–Kier alpha value is -3.98. The number of amides is 1. The second kappa shape index (κ2) is 10.5. The number of nitrogens with zero attached hydrogens (tertiary/aromatic N) is 2. The molecule has 180 valence electrons. The van der Waals surface area contributed by atoms with Gasteiger partial charge in [-0.05, 0) is 67.8 Å². The second-order valence-electron chi connectivity index (χ2n) is 8.22. The van der Waals surface area contributed by atoms with Crippen LogP contribution in [0.1, 0.15) is 29.9 Å². The molecule has 0 aliphatic rings. The molecule has 0 saturated carbocycles. The van der Waals surface area contributed by atoms with Crippen molar-refractivity contribution in [1.29, 1.82) is 0 Å². The van der Waals surface area contributed by atoms with Crippen LogP contribution in [-0.4, -0.2) is 24.5 Å². The van der Waals surface area contributed by atoms with Crippen molar-refractivity contribution in [3.63, 3.8) is 0 Å². The summed E-state index contributed by atoms with van der Waals surface area (Å²) in [7, 11) is -3.82. The van der Waals surface area contributed by atoms with Crippen molar-refractivity contribution in [3.05, 3.63) is 89.8 Å². The molecule has 8 nitrogen and oxygen atoms in total. The molecule has 0 fully saturated rings. The standard InChI is InChI=1S/C26H26N4O4S/c1-18-8-6-11-22(16-18)30-35(32,33)23-17-21(15-14-19(23)2)27-24(31)12-7-13-25-28-29-26(34-25)20-9-4-3-5-10-20/h3-6,8-11,14-17,30H,7,12-13H2,1-2H3,(H,27,31). The lowest BCUT2D eigenvalue weighted by Crippen LogP contribution is -2.16. The number of hydrogen-bond donors (Lipinski definition) is 2. The van der Waals surface area contributed by atoms with Crippen molar-refractivity contribution < 1.29 is 17.6 Å². The Bertz CT molecular complexity index is 1430.